The first-order valence-electron chi connectivity index (χ1n) is 6.56. The maximum absolute atomic E-state index is 12.4. The molecule has 1 aromatic heterocycles. The number of hydrogen-bond acceptors (Lipinski definition) is 3. The lowest BCUT2D eigenvalue weighted by atomic mass is 10.1. The van der Waals surface area contributed by atoms with Crippen molar-refractivity contribution in [1.82, 2.24) is 9.78 Å². The zero-order chi connectivity index (χ0) is 14.6. The van der Waals surface area contributed by atoms with Gasteiger partial charge in [-0.25, -0.2) is 4.90 Å². The minimum absolute atomic E-state index is 0.280. The molecule has 1 aliphatic heterocycles. The molecule has 0 fully saturated rings. The van der Waals surface area contributed by atoms with Crippen molar-refractivity contribution in [2.45, 2.75) is 0 Å². The van der Waals surface area contributed by atoms with Crippen LogP contribution in [0.2, 0.25) is 0 Å². The van der Waals surface area contributed by atoms with Gasteiger partial charge >= 0.3 is 0 Å². The van der Waals surface area contributed by atoms with Crippen molar-refractivity contribution >= 4 is 28.4 Å². The number of rotatable bonds is 1. The minimum atomic E-state index is -0.280. The van der Waals surface area contributed by atoms with E-state index in [0.29, 0.717) is 16.8 Å². The molecule has 4 rings (SSSR count). The molecule has 0 atom stereocenters. The van der Waals surface area contributed by atoms with Gasteiger partial charge in [0.25, 0.3) is 11.8 Å². The quantitative estimate of drug-likeness (QED) is 0.642. The Hall–Kier alpha value is -2.95. The summed E-state index contributed by atoms with van der Waals surface area (Å²) in [5.41, 5.74) is 2.35. The summed E-state index contributed by atoms with van der Waals surface area (Å²) in [5.74, 6) is -0.561. The van der Waals surface area contributed by atoms with Crippen molar-refractivity contribution in [3.63, 3.8) is 0 Å². The lowest BCUT2D eigenvalue weighted by Crippen LogP contribution is -2.29. The molecule has 0 unspecified atom stereocenters. The highest BCUT2D eigenvalue weighted by molar-refractivity contribution is 6.34. The summed E-state index contributed by atoms with van der Waals surface area (Å²) in [6, 6.07) is 12.3. The first-order chi connectivity index (χ1) is 10.2. The van der Waals surface area contributed by atoms with Crippen LogP contribution in [0.25, 0.3) is 10.9 Å². The monoisotopic (exact) mass is 277 g/mol. The summed E-state index contributed by atoms with van der Waals surface area (Å²) in [7, 11) is 1.83. The molecule has 5 heteroatoms. The fourth-order valence-corrected chi connectivity index (χ4v) is 2.70. The van der Waals surface area contributed by atoms with Crippen LogP contribution >= 0.6 is 0 Å². The Balaban J connectivity index is 1.88. The number of carbonyl (C=O) groups excluding carboxylic acids is 2. The van der Waals surface area contributed by atoms with Gasteiger partial charge in [0, 0.05) is 12.4 Å². The fourth-order valence-electron chi connectivity index (χ4n) is 2.70. The van der Waals surface area contributed by atoms with Crippen LogP contribution in [0.15, 0.2) is 48.7 Å². The number of aromatic nitrogens is 2. The first kappa shape index (κ1) is 11.8. The van der Waals surface area contributed by atoms with E-state index in [1.807, 2.05) is 19.2 Å². The molecule has 0 spiro atoms. The van der Waals surface area contributed by atoms with Crippen LogP contribution in [0.4, 0.5) is 5.69 Å². The van der Waals surface area contributed by atoms with Crippen LogP contribution < -0.4 is 4.90 Å². The van der Waals surface area contributed by atoms with Gasteiger partial charge in [-0.15, -0.1) is 0 Å². The Morgan fingerprint density at radius 3 is 2.29 bits per heavy atom. The summed E-state index contributed by atoms with van der Waals surface area (Å²) < 4.78 is 1.72. The van der Waals surface area contributed by atoms with Gasteiger partial charge in [-0.3, -0.25) is 14.3 Å². The largest absolute Gasteiger partial charge is 0.268 e. The Morgan fingerprint density at radius 1 is 0.952 bits per heavy atom. The topological polar surface area (TPSA) is 55.2 Å². The van der Waals surface area contributed by atoms with Crippen molar-refractivity contribution in [1.29, 1.82) is 0 Å². The Bertz CT molecular complexity index is 876. The van der Waals surface area contributed by atoms with Crippen LogP contribution in [0.3, 0.4) is 0 Å². The van der Waals surface area contributed by atoms with Crippen molar-refractivity contribution in [2.24, 2.45) is 7.05 Å². The predicted molar refractivity (Wildman–Crippen MR) is 78.3 cm³/mol. The van der Waals surface area contributed by atoms with Gasteiger partial charge < -0.3 is 0 Å². The number of nitrogens with zero attached hydrogens (tertiary/aromatic N) is 3. The lowest BCUT2D eigenvalue weighted by Gasteiger charge is -2.14. The third kappa shape index (κ3) is 1.54. The van der Waals surface area contributed by atoms with E-state index in [4.69, 9.17) is 0 Å². The molecule has 0 saturated heterocycles. The maximum atomic E-state index is 12.4. The van der Waals surface area contributed by atoms with Crippen molar-refractivity contribution in [3.8, 4) is 0 Å². The van der Waals surface area contributed by atoms with E-state index in [1.54, 1.807) is 41.2 Å². The summed E-state index contributed by atoms with van der Waals surface area (Å²) in [6.07, 6.45) is 1.75. The molecule has 102 valence electrons. The van der Waals surface area contributed by atoms with E-state index in [1.165, 1.54) is 4.90 Å². The highest BCUT2D eigenvalue weighted by Crippen LogP contribution is 2.30. The van der Waals surface area contributed by atoms with E-state index in [0.717, 1.165) is 10.9 Å². The maximum Gasteiger partial charge on any atom is 0.266 e. The van der Waals surface area contributed by atoms with Crippen LogP contribution in [-0.4, -0.2) is 21.6 Å². The Morgan fingerprint density at radius 2 is 1.62 bits per heavy atom. The highest BCUT2D eigenvalue weighted by atomic mass is 16.2. The van der Waals surface area contributed by atoms with Crippen LogP contribution in [-0.2, 0) is 7.05 Å². The second-order valence-electron chi connectivity index (χ2n) is 5.00. The molecule has 0 radical (unpaired) electrons. The molecule has 2 amide bonds. The molecule has 0 aliphatic carbocycles. The van der Waals surface area contributed by atoms with Gasteiger partial charge in [-0.05, 0) is 30.3 Å². The lowest BCUT2D eigenvalue weighted by molar-refractivity contribution is 0.0926. The molecule has 3 aromatic rings. The average molecular weight is 277 g/mol. The number of anilines is 1. The smallest absolute Gasteiger partial charge is 0.266 e. The second-order valence-corrected chi connectivity index (χ2v) is 5.00. The molecule has 21 heavy (non-hydrogen) atoms. The number of aryl methyl sites for hydroxylation is 1. The van der Waals surface area contributed by atoms with Gasteiger partial charge in [0.05, 0.1) is 28.5 Å². The van der Waals surface area contributed by atoms with E-state index in [9.17, 15) is 9.59 Å². The number of amides is 2. The third-order valence-corrected chi connectivity index (χ3v) is 3.78. The molecular formula is C16H11N3O2. The summed E-state index contributed by atoms with van der Waals surface area (Å²) >= 11 is 0. The van der Waals surface area contributed by atoms with Crippen molar-refractivity contribution in [2.75, 3.05) is 4.90 Å². The molecule has 0 saturated carbocycles. The van der Waals surface area contributed by atoms with Gasteiger partial charge in [-0.2, -0.15) is 5.10 Å². The van der Waals surface area contributed by atoms with Crippen LogP contribution in [0.5, 0.6) is 0 Å². The zero-order valence-corrected chi connectivity index (χ0v) is 11.3. The number of benzene rings is 2. The van der Waals surface area contributed by atoms with Gasteiger partial charge in [0.15, 0.2) is 0 Å². The number of carbonyl (C=O) groups is 2. The normalized spacial score (nSPS) is 14.0. The number of hydrogen-bond donors (Lipinski definition) is 0. The molecule has 0 bridgehead atoms. The Labute approximate surface area is 120 Å². The number of imide groups is 1. The third-order valence-electron chi connectivity index (χ3n) is 3.78. The van der Waals surface area contributed by atoms with E-state index in [-0.39, 0.29) is 11.8 Å². The van der Waals surface area contributed by atoms with E-state index < -0.39 is 0 Å². The van der Waals surface area contributed by atoms with Gasteiger partial charge in [0.2, 0.25) is 0 Å². The van der Waals surface area contributed by atoms with Gasteiger partial charge in [0.1, 0.15) is 0 Å². The molecule has 1 aliphatic rings. The van der Waals surface area contributed by atoms with E-state index in [2.05, 4.69) is 5.10 Å². The Kier molecular flexibility index (Phi) is 2.27. The fraction of sp³-hybridized carbons (Fsp3) is 0.0625. The second kappa shape index (κ2) is 4.02. The standard InChI is InChI=1S/C16H11N3O2/c1-18-14-8-11(7-6-10(14)9-17-18)19-15(20)12-4-2-3-5-13(12)16(19)21/h2-9H,1H3. The molecule has 5 nitrogen and oxygen atoms in total. The van der Waals surface area contributed by atoms with Crippen LogP contribution in [0.1, 0.15) is 20.7 Å². The molecule has 2 heterocycles. The van der Waals surface area contributed by atoms with Crippen molar-refractivity contribution in [3.05, 3.63) is 59.8 Å². The molecular weight excluding hydrogens is 266 g/mol. The van der Waals surface area contributed by atoms with Crippen LogP contribution in [0, 0.1) is 0 Å². The number of fused-ring (bicyclic) bond motifs is 2. The first-order valence-corrected chi connectivity index (χ1v) is 6.56. The zero-order valence-electron chi connectivity index (χ0n) is 11.3. The highest BCUT2D eigenvalue weighted by Gasteiger charge is 2.36. The summed E-state index contributed by atoms with van der Waals surface area (Å²) in [5, 5.41) is 5.14. The van der Waals surface area contributed by atoms with Crippen molar-refractivity contribution < 1.29 is 9.59 Å². The summed E-state index contributed by atoms with van der Waals surface area (Å²) in [4.78, 5) is 26.1. The minimum Gasteiger partial charge on any atom is -0.268 e. The molecule has 0 N–H and O–H groups in total. The average Bonchev–Trinajstić information content (AvgIpc) is 2.99. The predicted octanol–water partition coefficient (Wildman–Crippen LogP) is 2.37. The molecule has 2 aromatic carbocycles. The summed E-state index contributed by atoms with van der Waals surface area (Å²) in [6.45, 7) is 0. The van der Waals surface area contributed by atoms with Gasteiger partial charge in [-0.1, -0.05) is 12.1 Å². The SMILES string of the molecule is Cn1ncc2ccc(N3C(=O)c4ccccc4C3=O)cc21. The van der Waals surface area contributed by atoms with E-state index >= 15 is 0 Å².